The number of aromatic nitrogens is 2. The second-order valence-corrected chi connectivity index (χ2v) is 7.16. The van der Waals surface area contributed by atoms with E-state index in [1.165, 1.54) is 30.5 Å². The van der Waals surface area contributed by atoms with Crippen LogP contribution in [-0.4, -0.2) is 33.5 Å². The quantitative estimate of drug-likeness (QED) is 0.362. The molecule has 0 saturated heterocycles. The minimum Gasteiger partial charge on any atom is -0.489 e. The first-order chi connectivity index (χ1) is 15.7. The van der Waals surface area contributed by atoms with Gasteiger partial charge >= 0.3 is 18.2 Å². The van der Waals surface area contributed by atoms with Crippen molar-refractivity contribution >= 4 is 5.82 Å². The number of hydrogen-bond acceptors (Lipinski definition) is 7. The van der Waals surface area contributed by atoms with Crippen LogP contribution in [0.5, 0.6) is 17.5 Å². The first-order valence-corrected chi connectivity index (χ1v) is 9.77. The molecule has 1 aliphatic rings. The maximum absolute atomic E-state index is 12.2. The molecule has 33 heavy (non-hydrogen) atoms. The lowest BCUT2D eigenvalue weighted by Crippen LogP contribution is -2.32. The predicted octanol–water partition coefficient (Wildman–Crippen LogP) is 4.25. The van der Waals surface area contributed by atoms with Crippen molar-refractivity contribution in [3.05, 3.63) is 76.0 Å². The summed E-state index contributed by atoms with van der Waals surface area (Å²) < 4.78 is 58.8. The number of rotatable bonds is 8. The van der Waals surface area contributed by atoms with Crippen LogP contribution >= 0.6 is 0 Å². The Labute approximate surface area is 185 Å². The number of hydrogen-bond donors (Lipinski definition) is 0. The van der Waals surface area contributed by atoms with E-state index in [-0.39, 0.29) is 36.9 Å². The van der Waals surface area contributed by atoms with Gasteiger partial charge in [0, 0.05) is 4.98 Å². The molecule has 0 saturated carbocycles. The number of ether oxygens (including phenoxy) is 4. The summed E-state index contributed by atoms with van der Waals surface area (Å²) in [5.74, 6) is -0.174. The van der Waals surface area contributed by atoms with E-state index in [0.29, 0.717) is 18.9 Å². The summed E-state index contributed by atoms with van der Waals surface area (Å²) in [6.07, 6.45) is -3.70. The van der Waals surface area contributed by atoms with Crippen LogP contribution in [0.3, 0.4) is 0 Å². The molecule has 3 aromatic rings. The highest BCUT2D eigenvalue weighted by molar-refractivity contribution is 5.32. The third kappa shape index (κ3) is 6.13. The standard InChI is InChI=1S/C21H18F3N3O6/c22-21(23,24)33-17-7-5-16(6-8-17)30-11-14-1-3-15(4-2-14)12-31-18-9-26-10-19(27(28)29)25-20(26)32-13-18/h1-8,10,18H,9,11-13H2/t18-/m0/s1. The number of alkyl halides is 3. The van der Waals surface area contributed by atoms with Crippen LogP contribution < -0.4 is 14.2 Å². The number of halogens is 3. The van der Waals surface area contributed by atoms with Gasteiger partial charge in [0.1, 0.15) is 37.0 Å². The van der Waals surface area contributed by atoms with Gasteiger partial charge in [-0.2, -0.15) is 0 Å². The van der Waals surface area contributed by atoms with E-state index in [1.54, 1.807) is 4.57 Å². The third-order valence-corrected chi connectivity index (χ3v) is 4.68. The summed E-state index contributed by atoms with van der Waals surface area (Å²) in [6.45, 7) is 1.20. The monoisotopic (exact) mass is 465 g/mol. The van der Waals surface area contributed by atoms with E-state index in [1.807, 2.05) is 24.3 Å². The summed E-state index contributed by atoms with van der Waals surface area (Å²) in [4.78, 5) is 14.0. The highest BCUT2D eigenvalue weighted by Crippen LogP contribution is 2.25. The number of imidazole rings is 1. The first kappa shape index (κ1) is 22.4. The summed E-state index contributed by atoms with van der Waals surface area (Å²) in [5.41, 5.74) is 1.78. The van der Waals surface area contributed by atoms with Gasteiger partial charge < -0.3 is 29.1 Å². The molecule has 0 N–H and O–H groups in total. The molecule has 0 amide bonds. The smallest absolute Gasteiger partial charge is 0.489 e. The molecule has 2 heterocycles. The van der Waals surface area contributed by atoms with Crippen molar-refractivity contribution < 1.29 is 37.0 Å². The molecule has 2 aromatic carbocycles. The molecule has 1 aromatic heterocycles. The lowest BCUT2D eigenvalue weighted by atomic mass is 10.1. The Hall–Kier alpha value is -3.80. The van der Waals surface area contributed by atoms with E-state index in [0.717, 1.165) is 11.1 Å². The zero-order chi connectivity index (χ0) is 23.4. The fourth-order valence-electron chi connectivity index (χ4n) is 3.11. The zero-order valence-electron chi connectivity index (χ0n) is 17.0. The molecule has 12 heteroatoms. The molecular weight excluding hydrogens is 447 g/mol. The van der Waals surface area contributed by atoms with Crippen LogP contribution in [0.1, 0.15) is 11.1 Å². The Morgan fingerprint density at radius 2 is 1.70 bits per heavy atom. The molecule has 0 unspecified atom stereocenters. The van der Waals surface area contributed by atoms with Gasteiger partial charge in [-0.3, -0.25) is 4.57 Å². The Morgan fingerprint density at radius 3 is 2.33 bits per heavy atom. The van der Waals surface area contributed by atoms with Gasteiger partial charge in [-0.1, -0.05) is 24.3 Å². The minimum absolute atomic E-state index is 0.202. The van der Waals surface area contributed by atoms with E-state index >= 15 is 0 Å². The molecule has 0 spiro atoms. The zero-order valence-corrected chi connectivity index (χ0v) is 17.0. The van der Waals surface area contributed by atoms with Crippen LogP contribution in [0.2, 0.25) is 0 Å². The molecule has 0 bridgehead atoms. The van der Waals surface area contributed by atoms with Gasteiger partial charge in [-0.25, -0.2) is 0 Å². The molecule has 1 atom stereocenters. The van der Waals surface area contributed by atoms with Gasteiger partial charge in [0.25, 0.3) is 0 Å². The summed E-state index contributed by atoms with van der Waals surface area (Å²) in [5, 5.41) is 10.8. The molecule has 1 aliphatic heterocycles. The van der Waals surface area contributed by atoms with Crippen molar-refractivity contribution in [3.63, 3.8) is 0 Å². The van der Waals surface area contributed by atoms with Crippen LogP contribution in [0.15, 0.2) is 54.7 Å². The maximum atomic E-state index is 12.2. The molecule has 174 valence electrons. The van der Waals surface area contributed by atoms with Crippen LogP contribution in [0, 0.1) is 10.1 Å². The highest BCUT2D eigenvalue weighted by Gasteiger charge is 2.31. The largest absolute Gasteiger partial charge is 0.573 e. The second kappa shape index (κ2) is 9.36. The topological polar surface area (TPSA) is 97.9 Å². The lowest BCUT2D eigenvalue weighted by molar-refractivity contribution is -0.389. The fraction of sp³-hybridized carbons (Fsp3) is 0.286. The number of nitrogens with zero attached hydrogens (tertiary/aromatic N) is 3. The van der Waals surface area contributed by atoms with Gasteiger partial charge in [0.15, 0.2) is 0 Å². The van der Waals surface area contributed by atoms with Crippen molar-refractivity contribution in [1.29, 1.82) is 0 Å². The average Bonchev–Trinajstić information content (AvgIpc) is 3.21. The third-order valence-electron chi connectivity index (χ3n) is 4.68. The Kier molecular flexibility index (Phi) is 6.36. The summed E-state index contributed by atoms with van der Waals surface area (Å²) >= 11 is 0. The van der Waals surface area contributed by atoms with Crippen LogP contribution in [-0.2, 0) is 24.5 Å². The van der Waals surface area contributed by atoms with Crippen molar-refractivity contribution in [2.45, 2.75) is 32.2 Å². The molecule has 0 fully saturated rings. The summed E-state index contributed by atoms with van der Waals surface area (Å²) in [6, 6.07) is 12.8. The number of fused-ring (bicyclic) bond motifs is 1. The fourth-order valence-corrected chi connectivity index (χ4v) is 3.11. The SMILES string of the molecule is O=[N+]([O-])c1cn2c(n1)OC[C@@H](OCc1ccc(COc3ccc(OC(F)(F)F)cc3)cc1)C2. The van der Waals surface area contributed by atoms with Gasteiger partial charge in [-0.05, 0) is 40.3 Å². The lowest BCUT2D eigenvalue weighted by Gasteiger charge is -2.22. The van der Waals surface area contributed by atoms with Crippen molar-refractivity contribution in [3.8, 4) is 17.5 Å². The molecule has 4 rings (SSSR count). The minimum atomic E-state index is -4.74. The molecule has 0 radical (unpaired) electrons. The van der Waals surface area contributed by atoms with E-state index in [2.05, 4.69) is 9.72 Å². The van der Waals surface area contributed by atoms with Crippen molar-refractivity contribution in [2.24, 2.45) is 0 Å². The predicted molar refractivity (Wildman–Crippen MR) is 107 cm³/mol. The summed E-state index contributed by atoms with van der Waals surface area (Å²) in [7, 11) is 0. The Balaban J connectivity index is 1.24. The second-order valence-electron chi connectivity index (χ2n) is 7.16. The average molecular weight is 465 g/mol. The normalized spacial score (nSPS) is 15.4. The molecule has 9 nitrogen and oxygen atoms in total. The van der Waals surface area contributed by atoms with Crippen molar-refractivity contribution in [1.82, 2.24) is 9.55 Å². The van der Waals surface area contributed by atoms with Gasteiger partial charge in [-0.15, -0.1) is 13.2 Å². The maximum Gasteiger partial charge on any atom is 0.573 e. The van der Waals surface area contributed by atoms with E-state index in [9.17, 15) is 23.3 Å². The van der Waals surface area contributed by atoms with Crippen molar-refractivity contribution in [2.75, 3.05) is 6.61 Å². The van der Waals surface area contributed by atoms with Gasteiger partial charge in [0.05, 0.1) is 13.2 Å². The van der Waals surface area contributed by atoms with Gasteiger partial charge in [0.2, 0.25) is 0 Å². The Morgan fingerprint density at radius 1 is 1.06 bits per heavy atom. The molecular formula is C21H18F3N3O6. The van der Waals surface area contributed by atoms with E-state index < -0.39 is 11.3 Å². The Bertz CT molecular complexity index is 1100. The highest BCUT2D eigenvalue weighted by atomic mass is 19.4. The number of nitro groups is 1. The first-order valence-electron chi connectivity index (χ1n) is 9.77. The van der Waals surface area contributed by atoms with E-state index in [4.69, 9.17) is 14.2 Å². The number of benzene rings is 2. The van der Waals surface area contributed by atoms with Crippen LogP contribution in [0.25, 0.3) is 0 Å². The van der Waals surface area contributed by atoms with Crippen LogP contribution in [0.4, 0.5) is 19.0 Å². The molecule has 0 aliphatic carbocycles.